The number of aliphatic hydroxyl groups excluding tert-OH is 1. The summed E-state index contributed by atoms with van der Waals surface area (Å²) < 4.78 is 22.7. The zero-order chi connectivity index (χ0) is 12.0. The largest absolute Gasteiger partial charge is 0.394 e. The zero-order valence-corrected chi connectivity index (χ0v) is 9.52. The van der Waals surface area contributed by atoms with Crippen molar-refractivity contribution in [2.45, 2.75) is 13.1 Å². The van der Waals surface area contributed by atoms with Gasteiger partial charge < -0.3 is 10.4 Å². The summed E-state index contributed by atoms with van der Waals surface area (Å²) in [6, 6.07) is 0. The Kier molecular flexibility index (Phi) is 4.80. The van der Waals surface area contributed by atoms with Gasteiger partial charge in [0.2, 0.25) is 10.0 Å². The maximum Gasteiger partial charge on any atom is 0.210 e. The highest BCUT2D eigenvalue weighted by Gasteiger charge is 2.03. The number of aromatic nitrogens is 3. The van der Waals surface area contributed by atoms with Crippen molar-refractivity contribution in [2.24, 2.45) is 5.14 Å². The van der Waals surface area contributed by atoms with Gasteiger partial charge in [-0.25, -0.2) is 18.2 Å². The van der Waals surface area contributed by atoms with Gasteiger partial charge in [0.05, 0.1) is 24.6 Å². The predicted octanol–water partition coefficient (Wildman–Crippen LogP) is -2.35. The molecule has 0 fully saturated rings. The van der Waals surface area contributed by atoms with Gasteiger partial charge in [0.25, 0.3) is 0 Å². The fraction of sp³-hybridized carbons (Fsp3) is 0.714. The minimum absolute atomic E-state index is 0.00163. The van der Waals surface area contributed by atoms with Crippen molar-refractivity contribution in [1.29, 1.82) is 0 Å². The third-order valence-corrected chi connectivity index (χ3v) is 2.56. The van der Waals surface area contributed by atoms with Crippen LogP contribution in [-0.4, -0.2) is 47.4 Å². The van der Waals surface area contributed by atoms with E-state index in [0.29, 0.717) is 18.8 Å². The molecule has 0 spiro atoms. The molecule has 0 bridgehead atoms. The highest BCUT2D eigenvalue weighted by Crippen LogP contribution is 1.91. The predicted molar refractivity (Wildman–Crippen MR) is 56.8 cm³/mol. The average molecular weight is 249 g/mol. The highest BCUT2D eigenvalue weighted by molar-refractivity contribution is 7.89. The summed E-state index contributed by atoms with van der Waals surface area (Å²) in [5, 5.41) is 23.9. The smallest absolute Gasteiger partial charge is 0.210 e. The van der Waals surface area contributed by atoms with Crippen molar-refractivity contribution in [3.8, 4) is 0 Å². The normalized spacial score (nSPS) is 11.9. The molecule has 92 valence electrons. The van der Waals surface area contributed by atoms with E-state index in [0.717, 1.165) is 0 Å². The van der Waals surface area contributed by atoms with Crippen molar-refractivity contribution in [3.63, 3.8) is 0 Å². The lowest BCUT2D eigenvalue weighted by molar-refractivity contribution is 0.268. The monoisotopic (exact) mass is 249 g/mol. The molecule has 0 amide bonds. The Morgan fingerprint density at radius 1 is 1.56 bits per heavy atom. The number of hydrogen-bond donors (Lipinski definition) is 3. The van der Waals surface area contributed by atoms with Gasteiger partial charge in [-0.2, -0.15) is 0 Å². The molecule has 0 aliphatic rings. The fourth-order valence-corrected chi connectivity index (χ4v) is 1.49. The summed E-state index contributed by atoms with van der Waals surface area (Å²) in [5.74, 6) is -0.113. The number of nitrogens with one attached hydrogen (secondary N) is 1. The number of rotatable bonds is 7. The second-order valence-corrected chi connectivity index (χ2v) is 4.97. The Morgan fingerprint density at radius 3 is 2.94 bits per heavy atom. The SMILES string of the molecule is NS(=O)(=O)CCNCc1cn(CCO)nn1. The van der Waals surface area contributed by atoms with Gasteiger partial charge in [0.1, 0.15) is 0 Å². The maximum absolute atomic E-state index is 10.6. The molecule has 8 nitrogen and oxygen atoms in total. The number of hydrogen-bond acceptors (Lipinski definition) is 6. The number of nitrogens with zero attached hydrogens (tertiary/aromatic N) is 3. The minimum atomic E-state index is -3.42. The maximum atomic E-state index is 10.6. The lowest BCUT2D eigenvalue weighted by Crippen LogP contribution is -2.26. The van der Waals surface area contributed by atoms with Crippen molar-refractivity contribution < 1.29 is 13.5 Å². The first-order chi connectivity index (χ1) is 7.51. The first-order valence-electron chi connectivity index (χ1n) is 4.72. The number of aliphatic hydroxyl groups is 1. The van der Waals surface area contributed by atoms with Crippen LogP contribution in [0.4, 0.5) is 0 Å². The Labute approximate surface area is 93.5 Å². The molecule has 0 atom stereocenters. The van der Waals surface area contributed by atoms with E-state index in [-0.39, 0.29) is 18.9 Å². The molecule has 0 aromatic carbocycles. The molecule has 0 aliphatic carbocycles. The minimum Gasteiger partial charge on any atom is -0.394 e. The van der Waals surface area contributed by atoms with Gasteiger partial charge in [-0.1, -0.05) is 5.21 Å². The van der Waals surface area contributed by atoms with Gasteiger partial charge in [0.15, 0.2) is 0 Å². The molecule has 0 unspecified atom stereocenters. The summed E-state index contributed by atoms with van der Waals surface area (Å²) in [4.78, 5) is 0. The van der Waals surface area contributed by atoms with Crippen LogP contribution in [-0.2, 0) is 23.1 Å². The Balaban J connectivity index is 2.26. The van der Waals surface area contributed by atoms with E-state index < -0.39 is 10.0 Å². The molecule has 1 aromatic heterocycles. The van der Waals surface area contributed by atoms with E-state index in [2.05, 4.69) is 15.6 Å². The molecule has 9 heteroatoms. The van der Waals surface area contributed by atoms with Crippen LogP contribution in [0.3, 0.4) is 0 Å². The van der Waals surface area contributed by atoms with E-state index in [4.69, 9.17) is 10.2 Å². The Hall–Kier alpha value is -1.03. The molecule has 0 radical (unpaired) electrons. The third-order valence-electron chi connectivity index (χ3n) is 1.78. The number of nitrogens with two attached hydrogens (primary N) is 1. The summed E-state index contributed by atoms with van der Waals surface area (Å²) in [6.07, 6.45) is 1.68. The summed E-state index contributed by atoms with van der Waals surface area (Å²) in [7, 11) is -3.42. The van der Waals surface area contributed by atoms with Gasteiger partial charge in [-0.05, 0) is 0 Å². The molecule has 0 saturated carbocycles. The molecule has 1 aromatic rings. The van der Waals surface area contributed by atoms with Crippen LogP contribution >= 0.6 is 0 Å². The molecule has 1 heterocycles. The highest BCUT2D eigenvalue weighted by atomic mass is 32.2. The van der Waals surface area contributed by atoms with E-state index in [1.807, 2.05) is 0 Å². The Morgan fingerprint density at radius 2 is 2.31 bits per heavy atom. The van der Waals surface area contributed by atoms with Crippen LogP contribution in [0.2, 0.25) is 0 Å². The lowest BCUT2D eigenvalue weighted by Gasteiger charge is -2.00. The number of primary sulfonamides is 1. The van der Waals surface area contributed by atoms with Crippen molar-refractivity contribution >= 4 is 10.0 Å². The van der Waals surface area contributed by atoms with Crippen LogP contribution < -0.4 is 10.5 Å². The molecule has 0 aliphatic heterocycles. The van der Waals surface area contributed by atoms with Crippen LogP contribution in [0.15, 0.2) is 6.20 Å². The topological polar surface area (TPSA) is 123 Å². The second-order valence-electron chi connectivity index (χ2n) is 3.24. The van der Waals surface area contributed by atoms with Gasteiger partial charge in [0, 0.05) is 19.3 Å². The third kappa shape index (κ3) is 5.16. The second kappa shape index (κ2) is 5.89. The van der Waals surface area contributed by atoms with Crippen molar-refractivity contribution in [1.82, 2.24) is 20.3 Å². The fourth-order valence-electron chi connectivity index (χ4n) is 1.06. The van der Waals surface area contributed by atoms with E-state index in [9.17, 15) is 8.42 Å². The lowest BCUT2D eigenvalue weighted by atomic mass is 10.4. The zero-order valence-electron chi connectivity index (χ0n) is 8.70. The van der Waals surface area contributed by atoms with Crippen molar-refractivity contribution in [3.05, 3.63) is 11.9 Å². The van der Waals surface area contributed by atoms with E-state index in [1.54, 1.807) is 6.20 Å². The van der Waals surface area contributed by atoms with Crippen molar-refractivity contribution in [2.75, 3.05) is 18.9 Å². The quantitative estimate of drug-likeness (QED) is 0.465. The molecule has 0 saturated heterocycles. The van der Waals surface area contributed by atoms with Gasteiger partial charge in [-0.15, -0.1) is 5.10 Å². The molecule has 1 rings (SSSR count). The molecule has 16 heavy (non-hydrogen) atoms. The Bertz CT molecular complexity index is 415. The van der Waals surface area contributed by atoms with E-state index in [1.165, 1.54) is 4.68 Å². The van der Waals surface area contributed by atoms with E-state index >= 15 is 0 Å². The van der Waals surface area contributed by atoms with Crippen LogP contribution in [0.25, 0.3) is 0 Å². The first-order valence-corrected chi connectivity index (χ1v) is 6.44. The average Bonchev–Trinajstić information content (AvgIpc) is 2.60. The molecule has 4 N–H and O–H groups in total. The summed E-state index contributed by atoms with van der Waals surface area (Å²) >= 11 is 0. The van der Waals surface area contributed by atoms with Gasteiger partial charge in [-0.3, -0.25) is 0 Å². The van der Waals surface area contributed by atoms with Gasteiger partial charge >= 0.3 is 0 Å². The standard InChI is InChI=1S/C7H15N5O3S/c8-16(14,15)4-1-9-5-7-6-12(2-3-13)11-10-7/h6,9,13H,1-5H2,(H2,8,14,15). The molecular formula is C7H15N5O3S. The summed E-state index contributed by atoms with van der Waals surface area (Å²) in [5.41, 5.74) is 0.683. The van der Waals surface area contributed by atoms with Crippen LogP contribution in [0.1, 0.15) is 5.69 Å². The summed E-state index contributed by atoms with van der Waals surface area (Å²) in [6.45, 7) is 1.08. The van der Waals surface area contributed by atoms with Crippen LogP contribution in [0, 0.1) is 0 Å². The number of sulfonamides is 1. The molecular weight excluding hydrogens is 234 g/mol. The first kappa shape index (κ1) is 13.0. The van der Waals surface area contributed by atoms with Crippen LogP contribution in [0.5, 0.6) is 0 Å².